The Kier molecular flexibility index (Phi) is 117. The second kappa shape index (κ2) is 45.6. The molecular weight excluding hydrogens is 322 g/mol. The smallest absolute Gasteiger partial charge is 0 e. The van der Waals surface area contributed by atoms with Gasteiger partial charge >= 0.3 is 0 Å². The summed E-state index contributed by atoms with van der Waals surface area (Å²) in [7, 11) is 0. The van der Waals surface area contributed by atoms with Crippen molar-refractivity contribution in [3.8, 4) is 0 Å². The van der Waals surface area contributed by atoms with E-state index in [0.29, 0.717) is 0 Å². The molecule has 2 heteroatoms. The summed E-state index contributed by atoms with van der Waals surface area (Å²) in [6.07, 6.45) is 7.31. The maximum atomic E-state index is 3.68. The van der Waals surface area contributed by atoms with E-state index in [1.54, 1.807) is 0 Å². The molecule has 0 aliphatic heterocycles. The Hall–Kier alpha value is 2.21. The van der Waals surface area contributed by atoms with Gasteiger partial charge in [0.1, 0.15) is 0 Å². The van der Waals surface area contributed by atoms with Gasteiger partial charge in [0.15, 0.2) is 0 Å². The Bertz CT molecular complexity index is 29.3. The molecule has 0 aliphatic carbocycles. The van der Waals surface area contributed by atoms with Gasteiger partial charge in [0.2, 0.25) is 0 Å². The van der Waals surface area contributed by atoms with Gasteiger partial charge in [-0.05, 0) is 0 Å². The van der Waals surface area contributed by atoms with E-state index in [1.165, 1.54) is 25.7 Å². The van der Waals surface area contributed by atoms with Crippen LogP contribution in [0.15, 0.2) is 0 Å². The van der Waals surface area contributed by atoms with E-state index >= 15 is 0 Å². The standard InChI is InChI=1S/2C5H11.2CH3.2Y/c2*1-3-5-4-2;;;;/h2*1,3-5H2,2H3;2*1H3;;/q4*-1;;. The van der Waals surface area contributed by atoms with E-state index in [9.17, 15) is 0 Å². The Morgan fingerprint density at radius 1 is 0.714 bits per heavy atom. The van der Waals surface area contributed by atoms with Gasteiger partial charge in [-0.1, -0.05) is 39.5 Å². The van der Waals surface area contributed by atoms with Crippen LogP contribution >= 0.6 is 0 Å². The minimum Gasteiger partial charge on any atom is -0.358 e. The van der Waals surface area contributed by atoms with Crippen molar-refractivity contribution in [2.45, 2.75) is 52.4 Å². The Labute approximate surface area is 145 Å². The molecule has 0 fully saturated rings. The Morgan fingerprint density at radius 3 is 0.929 bits per heavy atom. The molecule has 14 heavy (non-hydrogen) atoms. The fraction of sp³-hybridized carbons (Fsp3) is 0.667. The van der Waals surface area contributed by atoms with E-state index in [1.807, 2.05) is 0 Å². The number of hydrogen-bond acceptors (Lipinski definition) is 0. The van der Waals surface area contributed by atoms with Crippen molar-refractivity contribution in [1.29, 1.82) is 0 Å². The van der Waals surface area contributed by atoms with Gasteiger partial charge in [0.25, 0.3) is 0 Å². The molecule has 2 radical (unpaired) electrons. The van der Waals surface area contributed by atoms with Crippen molar-refractivity contribution in [3.63, 3.8) is 0 Å². The van der Waals surface area contributed by atoms with Crippen molar-refractivity contribution in [2.24, 2.45) is 0 Å². The third kappa shape index (κ3) is 64.3. The summed E-state index contributed by atoms with van der Waals surface area (Å²) >= 11 is 0. The molecular formula is C12H28Y2-4. The van der Waals surface area contributed by atoms with Crippen LogP contribution in [0.25, 0.3) is 0 Å². The van der Waals surface area contributed by atoms with Crippen LogP contribution in [0.2, 0.25) is 0 Å². The van der Waals surface area contributed by atoms with Gasteiger partial charge < -0.3 is 28.7 Å². The molecule has 0 amide bonds. The molecule has 0 atom stereocenters. The van der Waals surface area contributed by atoms with Gasteiger partial charge in [0, 0.05) is 65.4 Å². The molecule has 0 spiro atoms. The van der Waals surface area contributed by atoms with Crippen LogP contribution < -0.4 is 0 Å². The molecule has 0 aromatic rings. The molecule has 0 bridgehead atoms. The summed E-state index contributed by atoms with van der Waals surface area (Å²) in [6, 6.07) is 0. The monoisotopic (exact) mass is 350 g/mol. The molecule has 0 rings (SSSR count). The predicted octanol–water partition coefficient (Wildman–Crippen LogP) is 4.92. The van der Waals surface area contributed by atoms with Crippen molar-refractivity contribution in [2.75, 3.05) is 0 Å². The van der Waals surface area contributed by atoms with E-state index in [-0.39, 0.29) is 80.3 Å². The van der Waals surface area contributed by atoms with Gasteiger partial charge in [-0.15, -0.1) is 0 Å². The fourth-order valence-electron chi connectivity index (χ4n) is 0.500. The van der Waals surface area contributed by atoms with Crippen molar-refractivity contribution >= 4 is 0 Å². The van der Waals surface area contributed by atoms with Crippen LogP contribution in [-0.2, 0) is 65.4 Å². The van der Waals surface area contributed by atoms with Crippen LogP contribution in [0.1, 0.15) is 52.4 Å². The second-order valence-electron chi connectivity index (χ2n) is 2.41. The topological polar surface area (TPSA) is 0 Å². The fourth-order valence-corrected chi connectivity index (χ4v) is 0.500. The third-order valence-corrected chi connectivity index (χ3v) is 1.21. The van der Waals surface area contributed by atoms with E-state index in [2.05, 4.69) is 27.7 Å². The van der Waals surface area contributed by atoms with Crippen LogP contribution in [0.3, 0.4) is 0 Å². The zero-order chi connectivity index (χ0) is 8.24. The molecule has 0 aliphatic rings. The SMILES string of the molecule is [CH2-]CCCC.[CH2-]CCCC.[CH3-].[CH3-].[Y].[Y]. The molecule has 0 saturated carbocycles. The average molecular weight is 350 g/mol. The molecule has 0 aromatic carbocycles. The number of unbranched alkanes of at least 4 members (excludes halogenated alkanes) is 4. The number of hydrogen-bond donors (Lipinski definition) is 0. The van der Waals surface area contributed by atoms with Crippen LogP contribution in [0.5, 0.6) is 0 Å². The summed E-state index contributed by atoms with van der Waals surface area (Å²) in [4.78, 5) is 0. The largest absolute Gasteiger partial charge is 0.358 e. The number of rotatable bonds is 4. The van der Waals surface area contributed by atoms with Gasteiger partial charge in [0.05, 0.1) is 0 Å². The first-order chi connectivity index (χ1) is 4.83. The molecule has 86 valence electrons. The maximum absolute atomic E-state index is 3.68. The van der Waals surface area contributed by atoms with Crippen molar-refractivity contribution < 1.29 is 65.4 Å². The summed E-state index contributed by atoms with van der Waals surface area (Å²) in [5.41, 5.74) is 0. The van der Waals surface area contributed by atoms with Crippen LogP contribution in [0.4, 0.5) is 0 Å². The quantitative estimate of drug-likeness (QED) is 0.632. The van der Waals surface area contributed by atoms with Crippen LogP contribution in [0, 0.1) is 28.7 Å². The normalized spacial score (nSPS) is 6.00. The zero-order valence-corrected chi connectivity index (χ0v) is 16.5. The van der Waals surface area contributed by atoms with E-state index < -0.39 is 0 Å². The molecule has 0 saturated heterocycles. The predicted molar refractivity (Wildman–Crippen MR) is 62.6 cm³/mol. The molecule has 0 N–H and O–H groups in total. The van der Waals surface area contributed by atoms with Crippen LogP contribution in [-0.4, -0.2) is 0 Å². The zero-order valence-electron chi connectivity index (χ0n) is 10.8. The van der Waals surface area contributed by atoms with E-state index in [0.717, 1.165) is 12.8 Å². The van der Waals surface area contributed by atoms with Crippen molar-refractivity contribution in [1.82, 2.24) is 0 Å². The molecule has 0 heterocycles. The van der Waals surface area contributed by atoms with Gasteiger partial charge in [-0.2, -0.15) is 12.8 Å². The summed E-state index contributed by atoms with van der Waals surface area (Å²) in [5, 5.41) is 0. The first-order valence-corrected chi connectivity index (χ1v) is 4.41. The molecule has 0 aromatic heterocycles. The molecule has 0 unspecified atom stereocenters. The molecule has 0 nitrogen and oxygen atoms in total. The average Bonchev–Trinajstić information content (AvgIpc) is 1.93. The summed E-state index contributed by atoms with van der Waals surface area (Å²) < 4.78 is 0. The van der Waals surface area contributed by atoms with E-state index in [4.69, 9.17) is 0 Å². The second-order valence-corrected chi connectivity index (χ2v) is 2.41. The van der Waals surface area contributed by atoms with Gasteiger partial charge in [-0.3, -0.25) is 0 Å². The minimum atomic E-state index is 0. The first-order valence-electron chi connectivity index (χ1n) is 4.41. The minimum absolute atomic E-state index is 0. The van der Waals surface area contributed by atoms with Crippen molar-refractivity contribution in [3.05, 3.63) is 28.7 Å². The Morgan fingerprint density at radius 2 is 0.929 bits per heavy atom. The van der Waals surface area contributed by atoms with Gasteiger partial charge in [-0.25, -0.2) is 0 Å². The third-order valence-electron chi connectivity index (χ3n) is 1.21. The Balaban J connectivity index is -0.0000000178. The maximum Gasteiger partial charge on any atom is 0 e. The summed E-state index contributed by atoms with van der Waals surface area (Å²) in [5.74, 6) is 0. The summed E-state index contributed by atoms with van der Waals surface area (Å²) in [6.45, 7) is 11.7. The first kappa shape index (κ1) is 36.0.